The predicted octanol–water partition coefficient (Wildman–Crippen LogP) is 3.41. The molecule has 0 saturated carbocycles. The van der Waals surface area contributed by atoms with Crippen molar-refractivity contribution in [3.8, 4) is 33.9 Å². The molecule has 6 rings (SSSR count). The average Bonchev–Trinajstić information content (AvgIpc) is 3.83. The van der Waals surface area contributed by atoms with Gasteiger partial charge in [-0.25, -0.2) is 0 Å². The van der Waals surface area contributed by atoms with Gasteiger partial charge in [0.15, 0.2) is 0 Å². The van der Waals surface area contributed by atoms with Crippen LogP contribution in [0, 0.1) is 0 Å². The Balaban J connectivity index is 0.000000654. The van der Waals surface area contributed by atoms with Crippen molar-refractivity contribution >= 4 is 32.4 Å². The second-order valence-electron chi connectivity index (χ2n) is 10.7. The maximum absolute atomic E-state index is 12.3. The fourth-order valence-electron chi connectivity index (χ4n) is 4.74. The van der Waals surface area contributed by atoms with E-state index < -0.39 is 30.0 Å². The number of aliphatic hydroxyl groups excluding tert-OH is 2. The molecule has 0 bridgehead atoms. The predicted molar refractivity (Wildman–Crippen MR) is 189 cm³/mol. The minimum Gasteiger partial charge on any atom is -0.395 e. The molecule has 15 nitrogen and oxygen atoms in total. The van der Waals surface area contributed by atoms with E-state index >= 15 is 0 Å². The van der Waals surface area contributed by atoms with Crippen LogP contribution >= 0.6 is 0 Å². The highest BCUT2D eigenvalue weighted by Crippen LogP contribution is 2.26. The lowest BCUT2D eigenvalue weighted by Gasteiger charge is -2.08. The van der Waals surface area contributed by atoms with Crippen molar-refractivity contribution < 1.29 is 36.2 Å². The van der Waals surface area contributed by atoms with E-state index in [1.54, 1.807) is 12.1 Å². The molecule has 0 aliphatic rings. The molecule has 0 unspecified atom stereocenters. The Hall–Kier alpha value is -5.40. The van der Waals surface area contributed by atoms with Crippen molar-refractivity contribution in [2.45, 2.75) is 9.79 Å². The molecule has 2 aromatic heterocycles. The number of nitrogens with one attached hydrogen (secondary N) is 1. The Labute approximate surface area is 293 Å². The Kier molecular flexibility index (Phi) is 12.0. The molecule has 0 aliphatic carbocycles. The molecule has 5 N–H and O–H groups in total. The molecule has 17 heteroatoms. The maximum atomic E-state index is 12.3. The SMILES string of the molecule is O=S(=O)(O)c1cc(-n2ncc(-c3ccccc3)n2)ccc1/C=C/c1ccc(-n2ncc(-c3ccccc3)n2)cc1S(=O)(=O)O.OCCNCCO. The Morgan fingerprint density at radius 1 is 0.588 bits per heavy atom. The molecule has 51 heavy (non-hydrogen) atoms. The molecule has 0 atom stereocenters. The number of benzene rings is 4. The van der Waals surface area contributed by atoms with E-state index in [-0.39, 0.29) is 35.7 Å². The van der Waals surface area contributed by atoms with Crippen LogP contribution in [-0.4, -0.2) is 92.4 Å². The second-order valence-corrected chi connectivity index (χ2v) is 13.5. The minimum absolute atomic E-state index is 0.0540. The van der Waals surface area contributed by atoms with Gasteiger partial charge in [-0.05, 0) is 35.4 Å². The maximum Gasteiger partial charge on any atom is 0.295 e. The van der Waals surface area contributed by atoms with Crippen molar-refractivity contribution in [2.24, 2.45) is 0 Å². The van der Waals surface area contributed by atoms with Gasteiger partial charge in [-0.3, -0.25) is 9.11 Å². The van der Waals surface area contributed by atoms with Gasteiger partial charge in [0.1, 0.15) is 21.2 Å². The monoisotopic (exact) mass is 731 g/mol. The van der Waals surface area contributed by atoms with Crippen LogP contribution in [0.25, 0.3) is 46.0 Å². The fourth-order valence-corrected chi connectivity index (χ4v) is 6.14. The van der Waals surface area contributed by atoms with Crippen molar-refractivity contribution in [1.29, 1.82) is 0 Å². The molecule has 264 valence electrons. The summed E-state index contributed by atoms with van der Waals surface area (Å²) in [5.41, 5.74) is 3.39. The zero-order chi connectivity index (χ0) is 36.4. The van der Waals surface area contributed by atoms with Gasteiger partial charge in [0.05, 0.1) is 37.0 Å². The average molecular weight is 732 g/mol. The Bertz CT molecular complexity index is 2170. The van der Waals surface area contributed by atoms with Crippen LogP contribution in [0.2, 0.25) is 0 Å². The van der Waals surface area contributed by atoms with E-state index in [0.29, 0.717) is 24.5 Å². The number of aliphatic hydroxyl groups is 2. The Morgan fingerprint density at radius 3 is 1.33 bits per heavy atom. The number of aromatic nitrogens is 6. The molecule has 0 fully saturated rings. The van der Waals surface area contributed by atoms with Crippen molar-refractivity contribution in [3.05, 3.63) is 121 Å². The van der Waals surface area contributed by atoms with E-state index in [1.165, 1.54) is 58.4 Å². The van der Waals surface area contributed by atoms with Gasteiger partial charge >= 0.3 is 0 Å². The van der Waals surface area contributed by atoms with Crippen LogP contribution in [-0.2, 0) is 20.2 Å². The largest absolute Gasteiger partial charge is 0.395 e. The Morgan fingerprint density at radius 2 is 0.980 bits per heavy atom. The molecule has 0 amide bonds. The second kappa shape index (κ2) is 16.5. The highest BCUT2D eigenvalue weighted by atomic mass is 32.2. The third-order valence-corrected chi connectivity index (χ3v) is 8.97. The normalized spacial score (nSPS) is 11.8. The van der Waals surface area contributed by atoms with Crippen LogP contribution in [0.15, 0.2) is 119 Å². The summed E-state index contributed by atoms with van der Waals surface area (Å²) >= 11 is 0. The fraction of sp³-hybridized carbons (Fsp3) is 0.118. The molecular formula is C34H33N7O8S2. The summed E-state index contributed by atoms with van der Waals surface area (Å²) in [7, 11) is -9.45. The summed E-state index contributed by atoms with van der Waals surface area (Å²) in [6.07, 6.45) is 5.67. The van der Waals surface area contributed by atoms with Crippen molar-refractivity contribution in [1.82, 2.24) is 35.3 Å². The minimum atomic E-state index is -4.72. The van der Waals surface area contributed by atoms with Crippen LogP contribution in [0.1, 0.15) is 11.1 Å². The molecule has 2 heterocycles. The first-order valence-corrected chi connectivity index (χ1v) is 18.2. The first kappa shape index (κ1) is 36.9. The van der Waals surface area contributed by atoms with Gasteiger partial charge in [-0.1, -0.05) is 84.9 Å². The zero-order valence-electron chi connectivity index (χ0n) is 26.8. The smallest absolute Gasteiger partial charge is 0.295 e. The van der Waals surface area contributed by atoms with E-state index in [1.807, 2.05) is 60.7 Å². The summed E-state index contributed by atoms with van der Waals surface area (Å²) in [6, 6.07) is 26.9. The highest BCUT2D eigenvalue weighted by Gasteiger charge is 2.19. The van der Waals surface area contributed by atoms with Crippen molar-refractivity contribution in [3.63, 3.8) is 0 Å². The van der Waals surface area contributed by atoms with Gasteiger partial charge in [0, 0.05) is 24.2 Å². The van der Waals surface area contributed by atoms with Crippen LogP contribution in [0.3, 0.4) is 0 Å². The lowest BCUT2D eigenvalue weighted by atomic mass is 10.1. The van der Waals surface area contributed by atoms with Gasteiger partial charge in [-0.2, -0.15) is 36.6 Å². The lowest BCUT2D eigenvalue weighted by Crippen LogP contribution is -2.21. The third-order valence-electron chi connectivity index (χ3n) is 7.15. The number of hydrogen-bond donors (Lipinski definition) is 5. The zero-order valence-corrected chi connectivity index (χ0v) is 28.4. The van der Waals surface area contributed by atoms with Crippen LogP contribution in [0.4, 0.5) is 0 Å². The lowest BCUT2D eigenvalue weighted by molar-refractivity contribution is 0.266. The van der Waals surface area contributed by atoms with Crippen LogP contribution < -0.4 is 5.32 Å². The van der Waals surface area contributed by atoms with Gasteiger partial charge in [-0.15, -0.1) is 10.2 Å². The van der Waals surface area contributed by atoms with Crippen molar-refractivity contribution in [2.75, 3.05) is 26.3 Å². The summed E-state index contributed by atoms with van der Waals surface area (Å²) in [6.45, 7) is 1.42. The molecule has 6 aromatic rings. The number of hydrogen-bond acceptors (Lipinski definition) is 11. The van der Waals surface area contributed by atoms with E-state index in [0.717, 1.165) is 11.1 Å². The summed E-state index contributed by atoms with van der Waals surface area (Å²) in [4.78, 5) is 1.55. The van der Waals surface area contributed by atoms with Gasteiger partial charge < -0.3 is 15.5 Å². The van der Waals surface area contributed by atoms with E-state index in [2.05, 4.69) is 25.7 Å². The third kappa shape index (κ3) is 9.65. The molecular weight excluding hydrogens is 699 g/mol. The topological polar surface area (TPSA) is 223 Å². The van der Waals surface area contributed by atoms with E-state index in [4.69, 9.17) is 10.2 Å². The quantitative estimate of drug-likeness (QED) is 0.0693. The highest BCUT2D eigenvalue weighted by molar-refractivity contribution is 7.86. The summed E-state index contributed by atoms with van der Waals surface area (Å²) < 4.78 is 69.3. The summed E-state index contributed by atoms with van der Waals surface area (Å²) in [5, 5.41) is 36.3. The molecule has 0 aliphatic heterocycles. The standard InChI is InChI=1S/C30H22N6O6S2.C4H11NO2/c37-43(38,39)29-17-25(35-31-19-27(33-35)21-7-3-1-4-8-21)15-13-23(29)11-12-24-14-16-26(18-30(24)44(40,41)42)36-32-20-28(34-36)22-9-5-2-6-10-22;6-3-1-5-2-4-7/h1-20H,(H,37,38,39)(H,40,41,42);5-7H,1-4H2/b12-11+;. The van der Waals surface area contributed by atoms with Crippen LogP contribution in [0.5, 0.6) is 0 Å². The number of rotatable bonds is 12. The van der Waals surface area contributed by atoms with Gasteiger partial charge in [0.2, 0.25) is 0 Å². The summed E-state index contributed by atoms with van der Waals surface area (Å²) in [5.74, 6) is 0. The molecule has 0 spiro atoms. The van der Waals surface area contributed by atoms with E-state index in [9.17, 15) is 25.9 Å². The molecule has 0 radical (unpaired) electrons. The number of nitrogens with zero attached hydrogens (tertiary/aromatic N) is 6. The van der Waals surface area contributed by atoms with Gasteiger partial charge in [0.25, 0.3) is 20.2 Å². The molecule has 4 aromatic carbocycles. The molecule has 0 saturated heterocycles. The first-order valence-electron chi connectivity index (χ1n) is 15.3. The first-order chi connectivity index (χ1) is 24.5.